The van der Waals surface area contributed by atoms with Crippen molar-refractivity contribution in [1.29, 1.82) is 0 Å². The van der Waals surface area contributed by atoms with Gasteiger partial charge in [-0.2, -0.15) is 0 Å². The number of aliphatic carboxylic acids is 1. The van der Waals surface area contributed by atoms with E-state index in [9.17, 15) is 14.7 Å². The Hall–Kier alpha value is -2.28. The van der Waals surface area contributed by atoms with Crippen molar-refractivity contribution in [2.45, 2.75) is 38.8 Å². The molecular weight excluding hydrogens is 348 g/mol. The van der Waals surface area contributed by atoms with Gasteiger partial charge in [0.2, 0.25) is 5.91 Å². The fraction of sp³-hybridized carbons (Fsp3) is 0.600. The average Bonchev–Trinajstić information content (AvgIpc) is 3.00. The van der Waals surface area contributed by atoms with Crippen molar-refractivity contribution in [3.63, 3.8) is 0 Å². The largest absolute Gasteiger partial charge is 0.496 e. The Bertz CT molecular complexity index is 690. The van der Waals surface area contributed by atoms with Crippen LogP contribution in [0.3, 0.4) is 0 Å². The number of ether oxygens (including phenoxy) is 2. The van der Waals surface area contributed by atoms with Gasteiger partial charge in [-0.1, -0.05) is 6.07 Å². The van der Waals surface area contributed by atoms with Crippen molar-refractivity contribution >= 4 is 11.9 Å². The lowest BCUT2D eigenvalue weighted by molar-refractivity contribution is -0.142. The zero-order valence-electron chi connectivity index (χ0n) is 16.2. The third kappa shape index (κ3) is 3.88. The predicted octanol–water partition coefficient (Wildman–Crippen LogP) is 1.99. The monoisotopic (exact) mass is 376 g/mol. The van der Waals surface area contributed by atoms with Gasteiger partial charge >= 0.3 is 5.97 Å². The highest BCUT2D eigenvalue weighted by atomic mass is 16.5. The maximum absolute atomic E-state index is 11.9. The maximum atomic E-state index is 11.9. The van der Waals surface area contributed by atoms with Gasteiger partial charge in [-0.15, -0.1) is 0 Å². The smallest absolute Gasteiger partial charge is 0.320 e. The number of nitrogens with zero attached hydrogens (tertiary/aromatic N) is 2. The lowest BCUT2D eigenvalue weighted by Gasteiger charge is -2.39. The molecule has 0 aromatic heterocycles. The first kappa shape index (κ1) is 19.5. The van der Waals surface area contributed by atoms with E-state index < -0.39 is 12.0 Å². The van der Waals surface area contributed by atoms with E-state index in [4.69, 9.17) is 9.47 Å². The minimum absolute atomic E-state index is 0.0513. The second-order valence-corrected chi connectivity index (χ2v) is 7.61. The van der Waals surface area contributed by atoms with E-state index in [0.29, 0.717) is 44.1 Å². The van der Waals surface area contributed by atoms with Gasteiger partial charge in [0.1, 0.15) is 17.5 Å². The van der Waals surface area contributed by atoms with Crippen molar-refractivity contribution < 1.29 is 24.2 Å². The molecule has 1 aromatic rings. The van der Waals surface area contributed by atoms with Gasteiger partial charge in [-0.05, 0) is 36.8 Å². The Morgan fingerprint density at radius 2 is 1.78 bits per heavy atom. The van der Waals surface area contributed by atoms with Crippen molar-refractivity contribution in [3.05, 3.63) is 23.8 Å². The molecule has 2 heterocycles. The number of carbonyl (C=O) groups excluding carboxylic acids is 1. The Balaban J connectivity index is 1.81. The van der Waals surface area contributed by atoms with E-state index in [1.54, 1.807) is 21.1 Å². The quantitative estimate of drug-likeness (QED) is 0.847. The van der Waals surface area contributed by atoms with E-state index in [1.807, 2.05) is 28.0 Å². The molecule has 2 saturated heterocycles. The van der Waals surface area contributed by atoms with Gasteiger partial charge < -0.3 is 19.5 Å². The molecule has 2 aliphatic heterocycles. The van der Waals surface area contributed by atoms with Gasteiger partial charge in [0.15, 0.2) is 0 Å². The topological polar surface area (TPSA) is 79.3 Å². The number of likely N-dealkylation sites (tertiary alicyclic amines) is 2. The first-order valence-corrected chi connectivity index (χ1v) is 9.31. The summed E-state index contributed by atoms with van der Waals surface area (Å²) in [5, 5.41) is 9.80. The molecule has 0 saturated carbocycles. The lowest BCUT2D eigenvalue weighted by Crippen LogP contribution is -2.43. The highest BCUT2D eigenvalue weighted by Gasteiger charge is 2.48. The zero-order valence-corrected chi connectivity index (χ0v) is 16.2. The summed E-state index contributed by atoms with van der Waals surface area (Å²) in [6, 6.07) is 5.05. The fourth-order valence-corrected chi connectivity index (χ4v) is 4.50. The van der Waals surface area contributed by atoms with Crippen molar-refractivity contribution in [2.24, 2.45) is 5.41 Å². The number of carboxylic acid groups (broad SMARTS) is 1. The van der Waals surface area contributed by atoms with Crippen LogP contribution in [0.4, 0.5) is 0 Å². The van der Waals surface area contributed by atoms with Crippen molar-refractivity contribution in [1.82, 2.24) is 9.80 Å². The normalized spacial score (nSPS) is 22.0. The molecule has 7 heteroatoms. The second-order valence-electron chi connectivity index (χ2n) is 7.61. The molecule has 2 aliphatic rings. The summed E-state index contributed by atoms with van der Waals surface area (Å²) in [5.74, 6) is 0.694. The van der Waals surface area contributed by atoms with Crippen LogP contribution in [-0.4, -0.2) is 66.7 Å². The van der Waals surface area contributed by atoms with Crippen LogP contribution in [0.25, 0.3) is 0 Å². The minimum Gasteiger partial charge on any atom is -0.496 e. The Morgan fingerprint density at radius 3 is 2.26 bits per heavy atom. The zero-order chi connectivity index (χ0) is 19.6. The second kappa shape index (κ2) is 7.76. The molecule has 0 unspecified atom stereocenters. The molecule has 0 aliphatic carbocycles. The summed E-state index contributed by atoms with van der Waals surface area (Å²) in [7, 11) is 3.21. The summed E-state index contributed by atoms with van der Waals surface area (Å²) < 4.78 is 10.9. The molecule has 3 rings (SSSR count). The Kier molecular flexibility index (Phi) is 5.60. The molecule has 148 valence electrons. The SMILES string of the molecule is COc1cccc(OC)c1CN1CC2(CCN(C(C)=O)CC2)C[C@@H]1C(=O)O. The van der Waals surface area contributed by atoms with Crippen LogP contribution in [0.15, 0.2) is 18.2 Å². The van der Waals surface area contributed by atoms with E-state index in [-0.39, 0.29) is 11.3 Å². The maximum Gasteiger partial charge on any atom is 0.320 e. The molecule has 27 heavy (non-hydrogen) atoms. The van der Waals surface area contributed by atoms with Crippen molar-refractivity contribution in [2.75, 3.05) is 33.9 Å². The number of amides is 1. The van der Waals surface area contributed by atoms with E-state index in [1.165, 1.54) is 0 Å². The predicted molar refractivity (Wildman–Crippen MR) is 99.9 cm³/mol. The van der Waals surface area contributed by atoms with Gasteiger partial charge in [0.25, 0.3) is 0 Å². The number of methoxy groups -OCH3 is 2. The molecule has 1 amide bonds. The van der Waals surface area contributed by atoms with E-state index in [2.05, 4.69) is 0 Å². The molecular formula is C20H28N2O5. The summed E-state index contributed by atoms with van der Waals surface area (Å²) >= 11 is 0. The van der Waals surface area contributed by atoms with Gasteiger partial charge in [-0.3, -0.25) is 14.5 Å². The van der Waals surface area contributed by atoms with Gasteiger partial charge in [-0.25, -0.2) is 0 Å². The van der Waals surface area contributed by atoms with Crippen LogP contribution < -0.4 is 9.47 Å². The summed E-state index contributed by atoms with van der Waals surface area (Å²) in [6.07, 6.45) is 2.30. The highest BCUT2D eigenvalue weighted by molar-refractivity contribution is 5.74. The van der Waals surface area contributed by atoms with Crippen molar-refractivity contribution in [3.8, 4) is 11.5 Å². The highest BCUT2D eigenvalue weighted by Crippen LogP contribution is 2.45. The number of carbonyl (C=O) groups is 2. The summed E-state index contributed by atoms with van der Waals surface area (Å²) in [6.45, 7) is 4.16. The van der Waals surface area contributed by atoms with Crippen LogP contribution in [0.2, 0.25) is 0 Å². The van der Waals surface area contributed by atoms with Crippen LogP contribution in [0.5, 0.6) is 11.5 Å². The number of benzene rings is 1. The van der Waals surface area contributed by atoms with Crippen LogP contribution in [0, 0.1) is 5.41 Å². The van der Waals surface area contributed by atoms with E-state index in [0.717, 1.165) is 18.4 Å². The molecule has 0 bridgehead atoms. The molecule has 1 spiro atoms. The lowest BCUT2D eigenvalue weighted by atomic mass is 9.76. The first-order chi connectivity index (χ1) is 12.9. The Labute approximate surface area is 159 Å². The fourth-order valence-electron chi connectivity index (χ4n) is 4.50. The minimum atomic E-state index is -0.797. The molecule has 0 radical (unpaired) electrons. The molecule has 1 N–H and O–H groups in total. The molecule has 1 aromatic carbocycles. The number of rotatable bonds is 5. The third-order valence-corrected chi connectivity index (χ3v) is 6.05. The van der Waals surface area contributed by atoms with Crippen LogP contribution in [0.1, 0.15) is 31.7 Å². The van der Waals surface area contributed by atoms with Gasteiger partial charge in [0, 0.05) is 33.1 Å². The summed E-state index contributed by atoms with van der Waals surface area (Å²) in [5.41, 5.74) is 0.816. The van der Waals surface area contributed by atoms with Gasteiger partial charge in [0.05, 0.1) is 19.8 Å². The Morgan fingerprint density at radius 1 is 1.19 bits per heavy atom. The van der Waals surface area contributed by atoms with E-state index >= 15 is 0 Å². The average molecular weight is 376 g/mol. The number of hydrogen-bond donors (Lipinski definition) is 1. The molecule has 1 atom stereocenters. The summed E-state index contributed by atoms with van der Waals surface area (Å²) in [4.78, 5) is 27.4. The number of carboxylic acids is 1. The molecule has 2 fully saturated rings. The standard InChI is InChI=1S/C20H28N2O5/c1-14(23)21-9-7-20(8-10-21)11-16(19(24)25)22(13-20)12-15-17(26-2)5-4-6-18(15)27-3/h4-6,16H,7-13H2,1-3H3,(H,24,25)/t16-/m1/s1. The number of piperidine rings is 1. The first-order valence-electron chi connectivity index (χ1n) is 9.31. The molecule has 7 nitrogen and oxygen atoms in total. The third-order valence-electron chi connectivity index (χ3n) is 6.05. The van der Waals surface area contributed by atoms with Crippen LogP contribution >= 0.6 is 0 Å². The van der Waals surface area contributed by atoms with Crippen LogP contribution in [-0.2, 0) is 16.1 Å². The number of hydrogen-bond acceptors (Lipinski definition) is 5.